The molecule has 1 aliphatic rings. The second-order valence-electron chi connectivity index (χ2n) is 10.9. The molecule has 3 aromatic carbocycles. The molecule has 0 spiro atoms. The molecule has 45 heavy (non-hydrogen) atoms. The van der Waals surface area contributed by atoms with E-state index in [4.69, 9.17) is 5.11 Å². The molecule has 0 radical (unpaired) electrons. The lowest BCUT2D eigenvalue weighted by Crippen LogP contribution is -2.34. The summed E-state index contributed by atoms with van der Waals surface area (Å²) in [5.74, 6) is -2.10. The third-order valence-electron chi connectivity index (χ3n) is 7.69. The van der Waals surface area contributed by atoms with E-state index in [0.717, 1.165) is 30.2 Å². The van der Waals surface area contributed by atoms with Gasteiger partial charge in [-0.15, -0.1) is 0 Å². The predicted octanol–water partition coefficient (Wildman–Crippen LogP) is 7.95. The van der Waals surface area contributed by atoms with E-state index in [9.17, 15) is 31.9 Å². The fourth-order valence-corrected chi connectivity index (χ4v) is 6.18. The monoisotopic (exact) mass is 642 g/mol. The van der Waals surface area contributed by atoms with Crippen molar-refractivity contribution in [2.75, 3.05) is 16.8 Å². The number of urea groups is 1. The molecule has 4 aromatic rings. The number of nitrogens with zero attached hydrogens (tertiary/aromatic N) is 2. The van der Waals surface area contributed by atoms with Crippen LogP contribution in [-0.2, 0) is 17.5 Å². The first-order valence-corrected chi connectivity index (χ1v) is 15.2. The normalized spacial score (nSPS) is 13.9. The molecule has 13 heteroatoms. The van der Waals surface area contributed by atoms with Gasteiger partial charge < -0.3 is 10.4 Å². The number of thiazole rings is 1. The number of nitrogens with one attached hydrogen (secondary N) is 2. The Morgan fingerprint density at radius 3 is 2.31 bits per heavy atom. The largest absolute Gasteiger partial charge is 0.481 e. The molecule has 236 valence electrons. The van der Waals surface area contributed by atoms with Crippen LogP contribution in [0.15, 0.2) is 60.7 Å². The molecule has 0 saturated heterocycles. The van der Waals surface area contributed by atoms with Gasteiger partial charge in [-0.3, -0.25) is 19.8 Å². The minimum absolute atomic E-state index is 0.0199. The zero-order chi connectivity index (χ0) is 32.1. The van der Waals surface area contributed by atoms with E-state index in [1.165, 1.54) is 29.7 Å². The maximum Gasteiger partial charge on any atom is 0.416 e. The third kappa shape index (κ3) is 7.96. The summed E-state index contributed by atoms with van der Waals surface area (Å²) >= 11 is 0.732. The Labute approximate surface area is 260 Å². The molecule has 0 aliphatic heterocycles. The van der Waals surface area contributed by atoms with Gasteiger partial charge in [-0.25, -0.2) is 14.2 Å². The van der Waals surface area contributed by atoms with E-state index in [2.05, 4.69) is 15.6 Å². The Hall–Kier alpha value is -4.52. The molecule has 1 aromatic heterocycles. The van der Waals surface area contributed by atoms with Gasteiger partial charge in [-0.2, -0.15) is 13.2 Å². The van der Waals surface area contributed by atoms with Crippen molar-refractivity contribution in [3.8, 4) is 0 Å². The molecular formula is C32H30F4N4O4S. The van der Waals surface area contributed by atoms with E-state index < -0.39 is 35.5 Å². The molecule has 8 nitrogen and oxygen atoms in total. The number of carboxylic acids is 1. The Balaban J connectivity index is 1.38. The van der Waals surface area contributed by atoms with Crippen LogP contribution in [0.3, 0.4) is 0 Å². The Morgan fingerprint density at radius 1 is 0.978 bits per heavy atom. The number of aliphatic carboxylic acids is 1. The predicted molar refractivity (Wildman–Crippen MR) is 163 cm³/mol. The second-order valence-corrected chi connectivity index (χ2v) is 11.9. The zero-order valence-electron chi connectivity index (χ0n) is 24.0. The molecule has 1 saturated carbocycles. The van der Waals surface area contributed by atoms with Crippen LogP contribution in [0.2, 0.25) is 0 Å². The summed E-state index contributed by atoms with van der Waals surface area (Å²) in [6.45, 7) is 0.0426. The lowest BCUT2D eigenvalue weighted by molar-refractivity contribution is -0.138. The number of benzene rings is 3. The number of fused-ring (bicyclic) bond motifs is 1. The molecule has 0 unspecified atom stereocenters. The quantitative estimate of drug-likeness (QED) is 0.161. The van der Waals surface area contributed by atoms with Gasteiger partial charge in [0.2, 0.25) is 0 Å². The number of alkyl halides is 3. The van der Waals surface area contributed by atoms with Crippen LogP contribution in [0.4, 0.5) is 33.2 Å². The van der Waals surface area contributed by atoms with E-state index in [1.807, 2.05) is 24.3 Å². The van der Waals surface area contributed by atoms with Crippen LogP contribution < -0.4 is 15.5 Å². The van der Waals surface area contributed by atoms with Crippen molar-refractivity contribution in [1.29, 1.82) is 0 Å². The van der Waals surface area contributed by atoms with Crippen molar-refractivity contribution in [3.63, 3.8) is 0 Å². The first kappa shape index (κ1) is 31.9. The number of aromatic nitrogens is 1. The van der Waals surface area contributed by atoms with Crippen LogP contribution in [0.5, 0.6) is 0 Å². The molecule has 1 heterocycles. The van der Waals surface area contributed by atoms with Crippen LogP contribution in [0.25, 0.3) is 10.2 Å². The Kier molecular flexibility index (Phi) is 9.66. The topological polar surface area (TPSA) is 112 Å². The highest BCUT2D eigenvalue weighted by Crippen LogP contribution is 2.37. The summed E-state index contributed by atoms with van der Waals surface area (Å²) < 4.78 is 54.0. The highest BCUT2D eigenvalue weighted by molar-refractivity contribution is 7.22. The van der Waals surface area contributed by atoms with E-state index in [0.29, 0.717) is 28.8 Å². The van der Waals surface area contributed by atoms with Crippen LogP contribution in [0.1, 0.15) is 71.5 Å². The molecule has 3 amide bonds. The number of carboxylic acid groups (broad SMARTS) is 1. The van der Waals surface area contributed by atoms with Crippen LogP contribution in [-0.4, -0.2) is 34.5 Å². The number of hydrogen-bond acceptors (Lipinski definition) is 5. The number of hydrogen-bond donors (Lipinski definition) is 3. The van der Waals surface area contributed by atoms with Crippen molar-refractivity contribution in [2.24, 2.45) is 0 Å². The van der Waals surface area contributed by atoms with E-state index >= 15 is 0 Å². The number of carbonyl (C=O) groups is 3. The van der Waals surface area contributed by atoms with Gasteiger partial charge in [-0.05, 0) is 66.3 Å². The maximum atomic E-state index is 14.5. The fourth-order valence-electron chi connectivity index (χ4n) is 5.34. The van der Waals surface area contributed by atoms with Gasteiger partial charge in [0.25, 0.3) is 5.91 Å². The lowest BCUT2D eigenvalue weighted by Gasteiger charge is -2.25. The number of amides is 3. The Morgan fingerprint density at radius 2 is 1.67 bits per heavy atom. The van der Waals surface area contributed by atoms with Crippen molar-refractivity contribution >= 4 is 50.3 Å². The lowest BCUT2D eigenvalue weighted by atomic mass is 9.84. The van der Waals surface area contributed by atoms with E-state index in [-0.39, 0.29) is 34.9 Å². The SMILES string of the molecule is O=C(O)CCNC(=O)c1ccc(CN(C(=O)Nc2nc3cc(C(F)(F)F)cc(F)c3s2)c2ccc(C3CCCCC3)cc2)cc1. The number of anilines is 2. The number of halogens is 4. The summed E-state index contributed by atoms with van der Waals surface area (Å²) in [6.07, 6.45) is 0.797. The minimum Gasteiger partial charge on any atom is -0.481 e. The molecule has 3 N–H and O–H groups in total. The van der Waals surface area contributed by atoms with Crippen molar-refractivity contribution in [1.82, 2.24) is 10.3 Å². The van der Waals surface area contributed by atoms with Gasteiger partial charge in [0, 0.05) is 17.8 Å². The van der Waals surface area contributed by atoms with Crippen LogP contribution >= 0.6 is 11.3 Å². The number of rotatable bonds is 9. The van der Waals surface area contributed by atoms with Crippen molar-refractivity contribution in [2.45, 2.75) is 57.2 Å². The smallest absolute Gasteiger partial charge is 0.416 e. The average molecular weight is 643 g/mol. The standard InChI is InChI=1S/C32H30F4N4O4S/c33-25-16-23(32(34,35)36)17-26-28(25)45-30(38-26)39-31(44)40(24-12-10-21(11-13-24)20-4-2-1-3-5-20)18-19-6-8-22(9-7-19)29(43)37-15-14-27(41)42/h6-13,16-17,20H,1-5,14-15,18H2,(H,37,43)(H,41,42)(H,38,39,44). The average Bonchev–Trinajstić information content (AvgIpc) is 3.43. The van der Waals surface area contributed by atoms with Gasteiger partial charge in [0.15, 0.2) is 5.13 Å². The Bertz CT molecular complexity index is 1680. The van der Waals surface area contributed by atoms with Gasteiger partial charge in [-0.1, -0.05) is 54.9 Å². The summed E-state index contributed by atoms with van der Waals surface area (Å²) in [5, 5.41) is 13.8. The first-order valence-electron chi connectivity index (χ1n) is 14.4. The highest BCUT2D eigenvalue weighted by Gasteiger charge is 2.32. The van der Waals surface area contributed by atoms with Gasteiger partial charge in [0.05, 0.1) is 28.7 Å². The van der Waals surface area contributed by atoms with Crippen molar-refractivity contribution < 1.29 is 37.1 Å². The van der Waals surface area contributed by atoms with E-state index in [1.54, 1.807) is 24.3 Å². The number of carbonyl (C=O) groups excluding carboxylic acids is 2. The molecule has 1 aliphatic carbocycles. The zero-order valence-corrected chi connectivity index (χ0v) is 24.8. The first-order chi connectivity index (χ1) is 21.5. The fraction of sp³-hybridized carbons (Fsp3) is 0.312. The van der Waals surface area contributed by atoms with Crippen LogP contribution in [0, 0.1) is 5.82 Å². The molecule has 1 fully saturated rings. The van der Waals surface area contributed by atoms with Gasteiger partial charge >= 0.3 is 18.2 Å². The second kappa shape index (κ2) is 13.6. The minimum atomic E-state index is -4.75. The molecular weight excluding hydrogens is 612 g/mol. The maximum absolute atomic E-state index is 14.5. The third-order valence-corrected chi connectivity index (χ3v) is 8.69. The van der Waals surface area contributed by atoms with Gasteiger partial charge in [0.1, 0.15) is 5.82 Å². The summed E-state index contributed by atoms with van der Waals surface area (Å²) in [7, 11) is 0. The molecule has 0 atom stereocenters. The van der Waals surface area contributed by atoms with Crippen molar-refractivity contribution in [3.05, 3.63) is 88.7 Å². The molecule has 0 bridgehead atoms. The molecule has 5 rings (SSSR count). The summed E-state index contributed by atoms with van der Waals surface area (Å²) in [6, 6.07) is 14.6. The summed E-state index contributed by atoms with van der Waals surface area (Å²) in [5.41, 5.74) is 1.31. The summed E-state index contributed by atoms with van der Waals surface area (Å²) in [4.78, 5) is 42.2. The highest BCUT2D eigenvalue weighted by atomic mass is 32.1.